The molecule has 88 valence electrons. The predicted octanol–water partition coefficient (Wildman–Crippen LogP) is 2.37. The van der Waals surface area contributed by atoms with Crippen LogP contribution in [0.15, 0.2) is 24.5 Å². The van der Waals surface area contributed by atoms with E-state index in [4.69, 9.17) is 0 Å². The number of anilines is 1. The van der Waals surface area contributed by atoms with E-state index in [1.165, 1.54) is 25.9 Å². The molecule has 0 aliphatic carbocycles. The van der Waals surface area contributed by atoms with Crippen LogP contribution in [0.1, 0.15) is 26.7 Å². The van der Waals surface area contributed by atoms with Crippen molar-refractivity contribution in [3.63, 3.8) is 0 Å². The Balaban J connectivity index is 1.82. The van der Waals surface area contributed by atoms with Crippen molar-refractivity contribution in [2.45, 2.75) is 38.8 Å². The molecule has 0 radical (unpaired) electrons. The van der Waals surface area contributed by atoms with Gasteiger partial charge < -0.3 is 10.2 Å². The van der Waals surface area contributed by atoms with Crippen LogP contribution in [0.2, 0.25) is 0 Å². The summed E-state index contributed by atoms with van der Waals surface area (Å²) in [5.41, 5.74) is 1.14. The molecule has 16 heavy (non-hydrogen) atoms. The molecule has 1 aromatic heterocycles. The highest BCUT2D eigenvalue weighted by Gasteiger charge is 2.20. The molecule has 0 unspecified atom stereocenters. The van der Waals surface area contributed by atoms with Crippen LogP contribution in [0, 0.1) is 0 Å². The molecule has 2 rings (SSSR count). The molecule has 0 aromatic carbocycles. The number of aromatic nitrogens is 1. The zero-order chi connectivity index (χ0) is 11.4. The van der Waals surface area contributed by atoms with Gasteiger partial charge in [0.25, 0.3) is 0 Å². The first-order chi connectivity index (χ1) is 7.75. The van der Waals surface area contributed by atoms with Crippen molar-refractivity contribution >= 4 is 5.69 Å². The number of likely N-dealkylation sites (tertiary alicyclic amines) is 1. The number of nitrogens with zero attached hydrogens (tertiary/aromatic N) is 2. The highest BCUT2D eigenvalue weighted by atomic mass is 15.2. The van der Waals surface area contributed by atoms with Crippen LogP contribution in [0.25, 0.3) is 0 Å². The minimum absolute atomic E-state index is 0.610. The lowest BCUT2D eigenvalue weighted by atomic mass is 10.0. The van der Waals surface area contributed by atoms with Crippen molar-refractivity contribution in [1.29, 1.82) is 0 Å². The molecule has 1 N–H and O–H groups in total. The molecule has 1 fully saturated rings. The first kappa shape index (κ1) is 11.4. The first-order valence-electron chi connectivity index (χ1n) is 6.16. The number of pyridine rings is 1. The summed E-state index contributed by atoms with van der Waals surface area (Å²) < 4.78 is 0. The maximum absolute atomic E-state index is 4.12. The fourth-order valence-corrected chi connectivity index (χ4v) is 2.24. The van der Waals surface area contributed by atoms with Gasteiger partial charge in [-0.15, -0.1) is 0 Å². The molecule has 1 aliphatic heterocycles. The van der Waals surface area contributed by atoms with Gasteiger partial charge in [0.2, 0.25) is 0 Å². The van der Waals surface area contributed by atoms with Crippen LogP contribution >= 0.6 is 0 Å². The van der Waals surface area contributed by atoms with Crippen molar-refractivity contribution in [3.05, 3.63) is 24.5 Å². The number of piperidine rings is 1. The summed E-state index contributed by atoms with van der Waals surface area (Å²) in [7, 11) is 0. The molecule has 0 atom stereocenters. The van der Waals surface area contributed by atoms with Gasteiger partial charge in [0.1, 0.15) is 0 Å². The van der Waals surface area contributed by atoms with Gasteiger partial charge >= 0.3 is 0 Å². The normalized spacial score (nSPS) is 18.9. The van der Waals surface area contributed by atoms with Crippen LogP contribution in [-0.2, 0) is 0 Å². The third-order valence-electron chi connectivity index (χ3n) is 3.29. The van der Waals surface area contributed by atoms with E-state index in [1.54, 1.807) is 0 Å². The number of hydrogen-bond donors (Lipinski definition) is 1. The van der Waals surface area contributed by atoms with Crippen molar-refractivity contribution in [2.24, 2.45) is 0 Å². The quantitative estimate of drug-likeness (QED) is 0.846. The van der Waals surface area contributed by atoms with Crippen molar-refractivity contribution in [3.8, 4) is 0 Å². The summed E-state index contributed by atoms with van der Waals surface area (Å²) in [5, 5.41) is 3.55. The standard InChI is InChI=1S/C13H21N3/c1-11(2)16-8-5-12(6-9-16)15-13-4-3-7-14-10-13/h3-4,7,10-12,15H,5-6,8-9H2,1-2H3. The van der Waals surface area contributed by atoms with Gasteiger partial charge in [-0.3, -0.25) is 4.98 Å². The second kappa shape index (κ2) is 5.30. The predicted molar refractivity (Wildman–Crippen MR) is 67.6 cm³/mol. The first-order valence-corrected chi connectivity index (χ1v) is 6.16. The Labute approximate surface area is 97.9 Å². The molecule has 0 saturated carbocycles. The van der Waals surface area contributed by atoms with E-state index in [1.807, 2.05) is 18.5 Å². The van der Waals surface area contributed by atoms with E-state index >= 15 is 0 Å². The molecule has 0 amide bonds. The van der Waals surface area contributed by atoms with E-state index in [0.29, 0.717) is 12.1 Å². The summed E-state index contributed by atoms with van der Waals surface area (Å²) in [6.07, 6.45) is 6.17. The number of nitrogens with one attached hydrogen (secondary N) is 1. The molecular formula is C13H21N3. The zero-order valence-electron chi connectivity index (χ0n) is 10.2. The van der Waals surface area contributed by atoms with Crippen molar-refractivity contribution in [1.82, 2.24) is 9.88 Å². The molecular weight excluding hydrogens is 198 g/mol. The summed E-state index contributed by atoms with van der Waals surface area (Å²) in [5.74, 6) is 0. The van der Waals surface area contributed by atoms with Crippen LogP contribution < -0.4 is 5.32 Å². The van der Waals surface area contributed by atoms with E-state index in [2.05, 4.69) is 35.1 Å². The SMILES string of the molecule is CC(C)N1CCC(Nc2cccnc2)CC1. The number of hydrogen-bond acceptors (Lipinski definition) is 3. The summed E-state index contributed by atoms with van der Waals surface area (Å²) in [6, 6.07) is 5.35. The van der Waals surface area contributed by atoms with Crippen LogP contribution in [0.5, 0.6) is 0 Å². The highest BCUT2D eigenvalue weighted by Crippen LogP contribution is 2.17. The van der Waals surface area contributed by atoms with Gasteiger partial charge in [0.05, 0.1) is 5.69 Å². The molecule has 3 heteroatoms. The van der Waals surface area contributed by atoms with Gasteiger partial charge in [-0.05, 0) is 38.8 Å². The Morgan fingerprint density at radius 3 is 2.69 bits per heavy atom. The molecule has 3 nitrogen and oxygen atoms in total. The molecule has 1 aromatic rings. The van der Waals surface area contributed by atoms with Gasteiger partial charge in [-0.25, -0.2) is 0 Å². The van der Waals surface area contributed by atoms with Crippen LogP contribution in [0.4, 0.5) is 5.69 Å². The highest BCUT2D eigenvalue weighted by molar-refractivity contribution is 5.40. The van der Waals surface area contributed by atoms with E-state index in [9.17, 15) is 0 Å². The van der Waals surface area contributed by atoms with E-state index in [0.717, 1.165) is 5.69 Å². The lowest BCUT2D eigenvalue weighted by Crippen LogP contribution is -2.42. The fourth-order valence-electron chi connectivity index (χ4n) is 2.24. The summed E-state index contributed by atoms with van der Waals surface area (Å²) in [4.78, 5) is 6.66. The Kier molecular flexibility index (Phi) is 3.78. The van der Waals surface area contributed by atoms with Crippen molar-refractivity contribution in [2.75, 3.05) is 18.4 Å². The molecule has 1 saturated heterocycles. The van der Waals surface area contributed by atoms with E-state index in [-0.39, 0.29) is 0 Å². The average Bonchev–Trinajstić information content (AvgIpc) is 2.31. The van der Waals surface area contributed by atoms with E-state index < -0.39 is 0 Å². The Morgan fingerprint density at radius 2 is 2.12 bits per heavy atom. The molecule has 0 spiro atoms. The molecule has 2 heterocycles. The average molecular weight is 219 g/mol. The number of rotatable bonds is 3. The smallest absolute Gasteiger partial charge is 0.0528 e. The van der Waals surface area contributed by atoms with Gasteiger partial charge in [-0.1, -0.05) is 0 Å². The Hall–Kier alpha value is -1.09. The van der Waals surface area contributed by atoms with Crippen LogP contribution in [0.3, 0.4) is 0 Å². The van der Waals surface area contributed by atoms with Crippen molar-refractivity contribution < 1.29 is 0 Å². The minimum Gasteiger partial charge on any atom is -0.381 e. The van der Waals surface area contributed by atoms with Gasteiger partial charge in [0.15, 0.2) is 0 Å². The zero-order valence-corrected chi connectivity index (χ0v) is 10.2. The second-order valence-corrected chi connectivity index (χ2v) is 4.79. The molecule has 0 bridgehead atoms. The maximum atomic E-state index is 4.12. The minimum atomic E-state index is 0.610. The third-order valence-corrected chi connectivity index (χ3v) is 3.29. The summed E-state index contributed by atoms with van der Waals surface area (Å²) in [6.45, 7) is 6.95. The fraction of sp³-hybridized carbons (Fsp3) is 0.615. The van der Waals surface area contributed by atoms with Gasteiger partial charge in [-0.2, -0.15) is 0 Å². The lowest BCUT2D eigenvalue weighted by molar-refractivity contribution is 0.177. The third kappa shape index (κ3) is 2.95. The topological polar surface area (TPSA) is 28.2 Å². The Bertz CT molecular complexity index is 302. The molecule has 1 aliphatic rings. The lowest BCUT2D eigenvalue weighted by Gasteiger charge is -2.35. The maximum Gasteiger partial charge on any atom is 0.0528 e. The second-order valence-electron chi connectivity index (χ2n) is 4.79. The Morgan fingerprint density at radius 1 is 1.38 bits per heavy atom. The van der Waals surface area contributed by atoms with Crippen LogP contribution in [-0.4, -0.2) is 35.1 Å². The summed E-state index contributed by atoms with van der Waals surface area (Å²) >= 11 is 0. The van der Waals surface area contributed by atoms with Gasteiger partial charge in [0, 0.05) is 37.6 Å². The monoisotopic (exact) mass is 219 g/mol. The largest absolute Gasteiger partial charge is 0.381 e.